The summed E-state index contributed by atoms with van der Waals surface area (Å²) in [5.74, 6) is 0.743. The van der Waals surface area contributed by atoms with Gasteiger partial charge in [0.2, 0.25) is 0 Å². The molecule has 7 heteroatoms. The Hall–Kier alpha value is -1.40. The number of benzene rings is 2. The maximum atomic E-state index is 6.62. The lowest BCUT2D eigenvalue weighted by Gasteiger charge is -2.08. The number of methoxy groups -OCH3 is 1. The van der Waals surface area contributed by atoms with Gasteiger partial charge in [0, 0.05) is 5.56 Å². The summed E-state index contributed by atoms with van der Waals surface area (Å²) in [4.78, 5) is 9.07. The third kappa shape index (κ3) is 2.22. The molecule has 0 saturated heterocycles. The molecule has 0 amide bonds. The Morgan fingerprint density at radius 1 is 1.13 bits per heavy atom. The van der Waals surface area contributed by atoms with Crippen molar-refractivity contribution in [3.63, 3.8) is 0 Å². The lowest BCUT2D eigenvalue weighted by atomic mass is 10.1. The lowest BCUT2D eigenvalue weighted by molar-refractivity contribution is 0.419. The Morgan fingerprint density at radius 2 is 1.96 bits per heavy atom. The average molecular weight is 381 g/mol. The summed E-state index contributed by atoms with van der Waals surface area (Å²) in [6.07, 6.45) is 0. The second-order valence-electron chi connectivity index (χ2n) is 4.98. The first-order valence-electron chi connectivity index (χ1n) is 6.76. The molecule has 4 aromatic rings. The predicted molar refractivity (Wildman–Crippen MR) is 99.5 cm³/mol. The van der Waals surface area contributed by atoms with Crippen LogP contribution in [0.25, 0.3) is 31.0 Å². The van der Waals surface area contributed by atoms with Crippen LogP contribution in [0.2, 0.25) is 10.0 Å². The van der Waals surface area contributed by atoms with Crippen molar-refractivity contribution < 1.29 is 4.74 Å². The van der Waals surface area contributed by atoms with Crippen LogP contribution in [0.1, 0.15) is 5.56 Å². The van der Waals surface area contributed by atoms with E-state index in [1.165, 1.54) is 11.3 Å². The number of nitrogens with zero attached hydrogens (tertiary/aromatic N) is 2. The number of aryl methyl sites for hydroxylation is 1. The molecule has 0 spiro atoms. The summed E-state index contributed by atoms with van der Waals surface area (Å²) in [6, 6.07) is 5.86. The Labute approximate surface area is 150 Å². The molecule has 2 aromatic carbocycles. The van der Waals surface area contributed by atoms with Gasteiger partial charge in [0.15, 0.2) is 0 Å². The van der Waals surface area contributed by atoms with Crippen LogP contribution in [0.3, 0.4) is 0 Å². The van der Waals surface area contributed by atoms with Crippen LogP contribution >= 0.6 is 45.9 Å². The molecule has 0 atom stereocenters. The summed E-state index contributed by atoms with van der Waals surface area (Å²) in [6.45, 7) is 1.96. The van der Waals surface area contributed by atoms with Crippen molar-refractivity contribution in [3.05, 3.63) is 39.3 Å². The molecule has 116 valence electrons. The topological polar surface area (TPSA) is 35.0 Å². The van der Waals surface area contributed by atoms with E-state index in [0.717, 1.165) is 42.3 Å². The summed E-state index contributed by atoms with van der Waals surface area (Å²) < 4.78 is 7.36. The third-order valence-corrected chi connectivity index (χ3v) is 6.55. The number of ether oxygens (including phenoxy) is 1. The number of rotatable bonds is 2. The van der Waals surface area contributed by atoms with Gasteiger partial charge in [0.1, 0.15) is 16.3 Å². The van der Waals surface area contributed by atoms with E-state index in [1.807, 2.05) is 25.1 Å². The molecule has 0 unspecified atom stereocenters. The largest absolute Gasteiger partial charge is 0.494 e. The van der Waals surface area contributed by atoms with Gasteiger partial charge in [0.05, 0.1) is 37.6 Å². The van der Waals surface area contributed by atoms with Gasteiger partial charge in [-0.05, 0) is 24.6 Å². The van der Waals surface area contributed by atoms with Crippen molar-refractivity contribution in [3.8, 4) is 16.3 Å². The number of hydrogen-bond acceptors (Lipinski definition) is 5. The van der Waals surface area contributed by atoms with Gasteiger partial charge in [0.25, 0.3) is 0 Å². The summed E-state index contributed by atoms with van der Waals surface area (Å²) in [5.41, 5.74) is 5.15. The number of halogens is 2. The zero-order valence-electron chi connectivity index (χ0n) is 12.2. The van der Waals surface area contributed by atoms with E-state index in [4.69, 9.17) is 32.9 Å². The molecule has 0 aliphatic heterocycles. The fourth-order valence-corrected chi connectivity index (χ4v) is 5.22. The monoisotopic (exact) mass is 380 g/mol. The van der Waals surface area contributed by atoms with E-state index in [1.54, 1.807) is 24.0 Å². The van der Waals surface area contributed by atoms with E-state index in [9.17, 15) is 0 Å². The van der Waals surface area contributed by atoms with Crippen molar-refractivity contribution in [1.82, 2.24) is 9.97 Å². The highest BCUT2D eigenvalue weighted by atomic mass is 35.5. The van der Waals surface area contributed by atoms with E-state index < -0.39 is 0 Å². The van der Waals surface area contributed by atoms with Gasteiger partial charge in [-0.3, -0.25) is 0 Å². The number of aromatic nitrogens is 2. The minimum Gasteiger partial charge on any atom is -0.494 e. The molecule has 0 N–H and O–H groups in total. The maximum Gasteiger partial charge on any atom is 0.145 e. The number of thiazole rings is 2. The molecule has 0 bridgehead atoms. The standard InChI is InChI=1S/C16H10Cl2N2OS2/c1-7-11(17)10(12(18)15-13(7)19-6-22-15)16-20-14-8(21-2)4-3-5-9(14)23-16/h3-6H,1-2H3. The molecule has 0 saturated carbocycles. The molecule has 2 aromatic heterocycles. The fourth-order valence-electron chi connectivity index (χ4n) is 2.55. The Morgan fingerprint density at radius 3 is 2.74 bits per heavy atom. The van der Waals surface area contributed by atoms with Crippen LogP contribution in [0, 0.1) is 6.92 Å². The van der Waals surface area contributed by atoms with Gasteiger partial charge < -0.3 is 4.74 Å². The number of fused-ring (bicyclic) bond motifs is 2. The minimum atomic E-state index is 0.603. The molecule has 0 fully saturated rings. The third-order valence-electron chi connectivity index (χ3n) is 3.71. The van der Waals surface area contributed by atoms with Crippen LogP contribution in [0.15, 0.2) is 23.7 Å². The van der Waals surface area contributed by atoms with E-state index in [0.29, 0.717) is 10.0 Å². The summed E-state index contributed by atoms with van der Waals surface area (Å²) in [7, 11) is 1.64. The molecule has 23 heavy (non-hydrogen) atoms. The number of para-hydroxylation sites is 1. The SMILES string of the molecule is COc1cccc2sc(-c3c(Cl)c(C)c4ncsc4c3Cl)nc12. The second kappa shape index (κ2) is 5.60. The van der Waals surface area contributed by atoms with Crippen LogP contribution < -0.4 is 4.74 Å². The van der Waals surface area contributed by atoms with Gasteiger partial charge in [-0.15, -0.1) is 22.7 Å². The van der Waals surface area contributed by atoms with Crippen LogP contribution in [-0.2, 0) is 0 Å². The highest BCUT2D eigenvalue weighted by molar-refractivity contribution is 7.22. The first kappa shape index (κ1) is 15.1. The second-order valence-corrected chi connectivity index (χ2v) is 7.63. The van der Waals surface area contributed by atoms with Crippen molar-refractivity contribution in [2.75, 3.05) is 7.11 Å². The highest BCUT2D eigenvalue weighted by Gasteiger charge is 2.21. The molecule has 0 aliphatic carbocycles. The Kier molecular flexibility index (Phi) is 3.69. The zero-order valence-corrected chi connectivity index (χ0v) is 15.3. The molecular weight excluding hydrogens is 371 g/mol. The maximum absolute atomic E-state index is 6.62. The summed E-state index contributed by atoms with van der Waals surface area (Å²) in [5, 5.41) is 2.00. The molecule has 0 aliphatic rings. The van der Waals surface area contributed by atoms with Crippen molar-refractivity contribution >= 4 is 66.3 Å². The molecule has 0 radical (unpaired) electrons. The van der Waals surface area contributed by atoms with E-state index in [2.05, 4.69) is 4.98 Å². The zero-order chi connectivity index (χ0) is 16.1. The Bertz CT molecular complexity index is 1060. The normalized spacial score (nSPS) is 11.5. The molecule has 2 heterocycles. The van der Waals surface area contributed by atoms with Crippen LogP contribution in [0.4, 0.5) is 0 Å². The van der Waals surface area contributed by atoms with Crippen molar-refractivity contribution in [2.24, 2.45) is 0 Å². The first-order valence-corrected chi connectivity index (χ1v) is 9.21. The predicted octanol–water partition coefficient (Wildman–Crippen LogP) is 6.20. The van der Waals surface area contributed by atoms with E-state index in [-0.39, 0.29) is 0 Å². The quantitative estimate of drug-likeness (QED) is 0.415. The minimum absolute atomic E-state index is 0.603. The highest BCUT2D eigenvalue weighted by Crippen LogP contribution is 2.46. The van der Waals surface area contributed by atoms with E-state index >= 15 is 0 Å². The van der Waals surface area contributed by atoms with Gasteiger partial charge in [-0.25, -0.2) is 9.97 Å². The fraction of sp³-hybridized carbons (Fsp3) is 0.125. The van der Waals surface area contributed by atoms with Gasteiger partial charge >= 0.3 is 0 Å². The lowest BCUT2D eigenvalue weighted by Crippen LogP contribution is -1.88. The molecular formula is C16H10Cl2N2OS2. The number of hydrogen-bond donors (Lipinski definition) is 0. The van der Waals surface area contributed by atoms with Crippen LogP contribution in [-0.4, -0.2) is 17.1 Å². The summed E-state index contributed by atoms with van der Waals surface area (Å²) >= 11 is 16.3. The van der Waals surface area contributed by atoms with Crippen LogP contribution in [0.5, 0.6) is 5.75 Å². The van der Waals surface area contributed by atoms with Crippen molar-refractivity contribution in [2.45, 2.75) is 6.92 Å². The molecule has 4 rings (SSSR count). The first-order chi connectivity index (χ1) is 11.1. The van der Waals surface area contributed by atoms with Gasteiger partial charge in [-0.1, -0.05) is 29.3 Å². The smallest absolute Gasteiger partial charge is 0.145 e. The average Bonchev–Trinajstić information content (AvgIpc) is 3.19. The Balaban J connectivity index is 2.06. The molecule has 3 nitrogen and oxygen atoms in total. The van der Waals surface area contributed by atoms with Gasteiger partial charge in [-0.2, -0.15) is 0 Å². The van der Waals surface area contributed by atoms with Crippen molar-refractivity contribution in [1.29, 1.82) is 0 Å².